The van der Waals surface area contributed by atoms with E-state index in [0.717, 1.165) is 12.0 Å². The van der Waals surface area contributed by atoms with Crippen molar-refractivity contribution in [1.29, 1.82) is 0 Å². The maximum Gasteiger partial charge on any atom is 0.380 e. The first-order valence-electron chi connectivity index (χ1n) is 5.75. The van der Waals surface area contributed by atoms with Gasteiger partial charge in [0.2, 0.25) is 0 Å². The third kappa shape index (κ3) is 3.04. The number of esters is 1. The number of aliphatic hydroxyl groups excluding tert-OH is 1. The average molecular weight is 258 g/mol. The van der Waals surface area contributed by atoms with Crippen LogP contribution in [0.1, 0.15) is 31.1 Å². The van der Waals surface area contributed by atoms with Gasteiger partial charge in [-0.3, -0.25) is 0 Å². The number of hydrogen-bond acceptors (Lipinski definition) is 3. The van der Waals surface area contributed by atoms with Crippen molar-refractivity contribution in [2.24, 2.45) is 0 Å². The monoisotopic (exact) mass is 258 g/mol. The Balaban J connectivity index is 2.90. The molecule has 0 aliphatic heterocycles. The average Bonchev–Trinajstić information content (AvgIpc) is 2.38. The zero-order valence-corrected chi connectivity index (χ0v) is 10.3. The summed E-state index contributed by atoms with van der Waals surface area (Å²) in [5.74, 6) is -5.65. The second-order valence-corrected chi connectivity index (χ2v) is 3.84. The molecule has 0 bridgehead atoms. The lowest BCUT2D eigenvalue weighted by molar-refractivity contribution is -0.189. The van der Waals surface area contributed by atoms with E-state index in [1.165, 1.54) is 19.1 Å². The van der Waals surface area contributed by atoms with Gasteiger partial charge in [0, 0.05) is 0 Å². The lowest BCUT2D eigenvalue weighted by atomic mass is 10.0. The Morgan fingerprint density at radius 3 is 2.33 bits per heavy atom. The van der Waals surface area contributed by atoms with Gasteiger partial charge in [-0.05, 0) is 24.5 Å². The summed E-state index contributed by atoms with van der Waals surface area (Å²) in [7, 11) is 0. The molecule has 1 aromatic carbocycles. The molecule has 1 aromatic rings. The van der Waals surface area contributed by atoms with E-state index in [1.807, 2.05) is 6.92 Å². The Morgan fingerprint density at radius 2 is 1.89 bits per heavy atom. The number of rotatable bonds is 5. The van der Waals surface area contributed by atoms with Crippen molar-refractivity contribution in [3.05, 3.63) is 35.4 Å². The summed E-state index contributed by atoms with van der Waals surface area (Å²) in [6, 6.07) is 6.05. The first-order valence-corrected chi connectivity index (χ1v) is 5.75. The van der Waals surface area contributed by atoms with Crippen LogP contribution >= 0.6 is 0 Å². The summed E-state index contributed by atoms with van der Waals surface area (Å²) in [6.07, 6.45) is -1.42. The minimum Gasteiger partial charge on any atom is -0.461 e. The molecule has 18 heavy (non-hydrogen) atoms. The Kier molecular flexibility index (Phi) is 4.78. The lowest BCUT2D eigenvalue weighted by Gasteiger charge is -2.21. The molecule has 1 atom stereocenters. The van der Waals surface area contributed by atoms with Crippen molar-refractivity contribution in [3.8, 4) is 0 Å². The predicted octanol–water partition coefficient (Wildman–Crippen LogP) is 2.48. The quantitative estimate of drug-likeness (QED) is 0.825. The van der Waals surface area contributed by atoms with Gasteiger partial charge < -0.3 is 9.84 Å². The molecule has 1 unspecified atom stereocenters. The van der Waals surface area contributed by atoms with Crippen molar-refractivity contribution < 1.29 is 23.4 Å². The van der Waals surface area contributed by atoms with Gasteiger partial charge in [0.15, 0.2) is 6.10 Å². The lowest BCUT2D eigenvalue weighted by Crippen LogP contribution is -2.37. The van der Waals surface area contributed by atoms with Crippen LogP contribution in [0.4, 0.5) is 8.78 Å². The number of alkyl halides is 2. The molecule has 0 saturated heterocycles. The van der Waals surface area contributed by atoms with Crippen LogP contribution in [-0.2, 0) is 16.0 Å². The van der Waals surface area contributed by atoms with Crippen LogP contribution in [0.3, 0.4) is 0 Å². The van der Waals surface area contributed by atoms with Gasteiger partial charge in [-0.2, -0.15) is 8.78 Å². The van der Waals surface area contributed by atoms with Gasteiger partial charge >= 0.3 is 11.9 Å². The summed E-state index contributed by atoms with van der Waals surface area (Å²) < 4.78 is 31.3. The van der Waals surface area contributed by atoms with Crippen molar-refractivity contribution >= 4 is 5.97 Å². The summed E-state index contributed by atoms with van der Waals surface area (Å²) in [4.78, 5) is 11.1. The minimum atomic E-state index is -3.94. The smallest absolute Gasteiger partial charge is 0.380 e. The molecule has 0 amide bonds. The van der Waals surface area contributed by atoms with Gasteiger partial charge in [-0.25, -0.2) is 4.79 Å². The fourth-order valence-corrected chi connectivity index (χ4v) is 1.48. The van der Waals surface area contributed by atoms with Gasteiger partial charge in [0.05, 0.1) is 6.61 Å². The molecule has 0 aromatic heterocycles. The molecule has 3 nitrogen and oxygen atoms in total. The molecule has 0 spiro atoms. The van der Waals surface area contributed by atoms with Crippen molar-refractivity contribution in [3.63, 3.8) is 0 Å². The maximum absolute atomic E-state index is 13.5. The van der Waals surface area contributed by atoms with E-state index in [1.54, 1.807) is 12.1 Å². The summed E-state index contributed by atoms with van der Waals surface area (Å²) in [5.41, 5.74) is 0.954. The van der Waals surface area contributed by atoms with E-state index >= 15 is 0 Å². The summed E-state index contributed by atoms with van der Waals surface area (Å²) in [6.45, 7) is 3.20. The second-order valence-electron chi connectivity index (χ2n) is 3.84. The van der Waals surface area contributed by atoms with E-state index < -0.39 is 18.0 Å². The highest BCUT2D eigenvalue weighted by molar-refractivity contribution is 5.78. The fourth-order valence-electron chi connectivity index (χ4n) is 1.48. The third-order valence-electron chi connectivity index (χ3n) is 2.59. The summed E-state index contributed by atoms with van der Waals surface area (Å²) in [5, 5.41) is 9.56. The number of ether oxygens (including phenoxy) is 1. The number of aryl methyl sites for hydroxylation is 1. The van der Waals surface area contributed by atoms with E-state index in [0.29, 0.717) is 0 Å². The highest BCUT2D eigenvalue weighted by Crippen LogP contribution is 2.32. The van der Waals surface area contributed by atoms with Crippen molar-refractivity contribution in [2.45, 2.75) is 32.3 Å². The number of carbonyl (C=O) groups is 1. The van der Waals surface area contributed by atoms with Crippen LogP contribution in [0.25, 0.3) is 0 Å². The minimum absolute atomic E-state index is 0.00902. The standard InChI is InChI=1S/C13H16F2O3/c1-3-9-5-7-10(8-6-9)11(16)13(14,15)12(17)18-4-2/h5-8,11,16H,3-4H2,1-2H3. The Morgan fingerprint density at radius 1 is 1.33 bits per heavy atom. The molecule has 1 rings (SSSR count). The highest BCUT2D eigenvalue weighted by Gasteiger charge is 2.48. The van der Waals surface area contributed by atoms with Gasteiger partial charge in [0.1, 0.15) is 0 Å². The molecular formula is C13H16F2O3. The molecule has 0 fully saturated rings. The highest BCUT2D eigenvalue weighted by atomic mass is 19.3. The Labute approximate surface area is 104 Å². The van der Waals surface area contributed by atoms with Crippen LogP contribution in [0.15, 0.2) is 24.3 Å². The van der Waals surface area contributed by atoms with Crippen molar-refractivity contribution in [1.82, 2.24) is 0 Å². The van der Waals surface area contributed by atoms with Crippen LogP contribution < -0.4 is 0 Å². The van der Waals surface area contributed by atoms with E-state index in [2.05, 4.69) is 4.74 Å². The molecule has 100 valence electrons. The molecule has 5 heteroatoms. The number of aliphatic hydroxyl groups is 1. The van der Waals surface area contributed by atoms with Crippen LogP contribution in [-0.4, -0.2) is 23.6 Å². The SMILES string of the molecule is CCOC(=O)C(F)(F)C(O)c1ccc(CC)cc1. The third-order valence-corrected chi connectivity index (χ3v) is 2.59. The van der Waals surface area contributed by atoms with E-state index in [4.69, 9.17) is 0 Å². The zero-order valence-electron chi connectivity index (χ0n) is 10.3. The Hall–Kier alpha value is -1.49. The first kappa shape index (κ1) is 14.6. The number of benzene rings is 1. The molecule has 0 aliphatic carbocycles. The van der Waals surface area contributed by atoms with E-state index in [9.17, 15) is 18.7 Å². The number of hydrogen-bond donors (Lipinski definition) is 1. The normalized spacial score (nSPS) is 13.2. The molecule has 0 heterocycles. The molecule has 0 aliphatic rings. The molecule has 0 radical (unpaired) electrons. The maximum atomic E-state index is 13.5. The van der Waals surface area contributed by atoms with Crippen molar-refractivity contribution in [2.75, 3.05) is 6.61 Å². The first-order chi connectivity index (χ1) is 8.43. The number of halogens is 2. The zero-order chi connectivity index (χ0) is 13.8. The molecule has 1 N–H and O–H groups in total. The molecular weight excluding hydrogens is 242 g/mol. The van der Waals surface area contributed by atoms with Crippen LogP contribution in [0.2, 0.25) is 0 Å². The predicted molar refractivity (Wildman–Crippen MR) is 62.4 cm³/mol. The van der Waals surface area contributed by atoms with Crippen LogP contribution in [0.5, 0.6) is 0 Å². The van der Waals surface area contributed by atoms with Gasteiger partial charge in [-0.1, -0.05) is 31.2 Å². The topological polar surface area (TPSA) is 46.5 Å². The summed E-state index contributed by atoms with van der Waals surface area (Å²) >= 11 is 0. The van der Waals surface area contributed by atoms with Gasteiger partial charge in [-0.15, -0.1) is 0 Å². The fraction of sp³-hybridized carbons (Fsp3) is 0.462. The Bertz CT molecular complexity index is 401. The van der Waals surface area contributed by atoms with E-state index in [-0.39, 0.29) is 12.2 Å². The van der Waals surface area contributed by atoms with Crippen LogP contribution in [0, 0.1) is 0 Å². The second kappa shape index (κ2) is 5.91. The largest absolute Gasteiger partial charge is 0.461 e. The molecule has 0 saturated carbocycles. The number of carbonyl (C=O) groups excluding carboxylic acids is 1. The van der Waals surface area contributed by atoms with Gasteiger partial charge in [0.25, 0.3) is 0 Å².